The van der Waals surface area contributed by atoms with Gasteiger partial charge in [0.05, 0.1) is 12.2 Å². The van der Waals surface area contributed by atoms with E-state index in [0.717, 1.165) is 18.9 Å². The van der Waals surface area contributed by atoms with Crippen molar-refractivity contribution in [3.05, 3.63) is 0 Å². The number of rotatable bonds is 5. The maximum Gasteiger partial charge on any atom is 0.241 e. The fourth-order valence-corrected chi connectivity index (χ4v) is 3.51. The molecule has 2 rings (SSSR count). The van der Waals surface area contributed by atoms with Crippen LogP contribution in [0.3, 0.4) is 0 Å². The minimum Gasteiger partial charge on any atom is -0.326 e. The van der Waals surface area contributed by atoms with Gasteiger partial charge in [-0.1, -0.05) is 40.5 Å². The van der Waals surface area contributed by atoms with Gasteiger partial charge in [-0.3, -0.25) is 10.1 Å². The van der Waals surface area contributed by atoms with Crippen LogP contribution in [0.5, 0.6) is 0 Å². The highest BCUT2D eigenvalue weighted by molar-refractivity contribution is 5.84. The number of nitrogens with one attached hydrogen (secondary N) is 1. The molecule has 0 aromatic heterocycles. The Morgan fingerprint density at radius 1 is 1.21 bits per heavy atom. The molecule has 2 atom stereocenters. The second-order valence-corrected chi connectivity index (χ2v) is 7.17. The van der Waals surface area contributed by atoms with Crippen LogP contribution < -0.4 is 5.32 Å². The van der Waals surface area contributed by atoms with Gasteiger partial charge in [0.25, 0.3) is 0 Å². The van der Waals surface area contributed by atoms with Crippen LogP contribution in [0.1, 0.15) is 59.8 Å². The second-order valence-electron chi connectivity index (χ2n) is 7.17. The second kappa shape index (κ2) is 6.25. The number of carbonyl (C=O) groups excluding carboxylic acids is 1. The third-order valence-electron chi connectivity index (χ3n) is 4.59. The Balaban J connectivity index is 2.03. The molecule has 0 radical (unpaired) electrons. The van der Waals surface area contributed by atoms with E-state index in [1.165, 1.54) is 25.7 Å². The van der Waals surface area contributed by atoms with E-state index in [2.05, 4.69) is 37.9 Å². The number of carbonyl (C=O) groups is 1. The minimum absolute atomic E-state index is 0.0325. The summed E-state index contributed by atoms with van der Waals surface area (Å²) in [6.45, 7) is 9.74. The van der Waals surface area contributed by atoms with Gasteiger partial charge in [-0.05, 0) is 37.0 Å². The Hall–Kier alpha value is -0.570. The van der Waals surface area contributed by atoms with Crippen LogP contribution >= 0.6 is 0 Å². The van der Waals surface area contributed by atoms with Gasteiger partial charge in [0.1, 0.15) is 0 Å². The molecule has 2 aliphatic rings. The van der Waals surface area contributed by atoms with Crippen molar-refractivity contribution >= 4 is 5.91 Å². The Morgan fingerprint density at radius 3 is 2.37 bits per heavy atom. The molecule has 1 saturated heterocycles. The molecule has 0 aromatic carbocycles. The summed E-state index contributed by atoms with van der Waals surface area (Å²) < 4.78 is 0. The SMILES string of the molecule is CC(C)CC1NC(C(C)C)C(=O)N1CC1CCCC1. The molecule has 0 bridgehead atoms. The molecule has 3 nitrogen and oxygen atoms in total. The van der Waals surface area contributed by atoms with Gasteiger partial charge in [0, 0.05) is 6.54 Å². The summed E-state index contributed by atoms with van der Waals surface area (Å²) in [6, 6.07) is 0.0325. The molecule has 2 fully saturated rings. The molecule has 0 aromatic rings. The minimum atomic E-state index is 0.0325. The van der Waals surface area contributed by atoms with Gasteiger partial charge >= 0.3 is 0 Å². The lowest BCUT2D eigenvalue weighted by atomic mass is 10.0. The number of amides is 1. The largest absolute Gasteiger partial charge is 0.326 e. The van der Waals surface area contributed by atoms with Crippen LogP contribution in [0.15, 0.2) is 0 Å². The first-order valence-corrected chi connectivity index (χ1v) is 8.05. The van der Waals surface area contributed by atoms with Crippen LogP contribution in [0.4, 0.5) is 0 Å². The first-order chi connectivity index (χ1) is 8.99. The van der Waals surface area contributed by atoms with Gasteiger partial charge in [-0.2, -0.15) is 0 Å². The van der Waals surface area contributed by atoms with E-state index in [-0.39, 0.29) is 12.2 Å². The van der Waals surface area contributed by atoms with E-state index in [1.54, 1.807) is 0 Å². The van der Waals surface area contributed by atoms with Crippen molar-refractivity contribution in [2.75, 3.05) is 6.54 Å². The fraction of sp³-hybridized carbons (Fsp3) is 0.938. The highest BCUT2D eigenvalue weighted by Gasteiger charge is 2.41. The van der Waals surface area contributed by atoms with Crippen molar-refractivity contribution in [2.45, 2.75) is 72.0 Å². The number of nitrogens with zero attached hydrogens (tertiary/aromatic N) is 1. The molecule has 0 spiro atoms. The first kappa shape index (κ1) is 14.8. The molecule has 1 aliphatic heterocycles. The van der Waals surface area contributed by atoms with Crippen LogP contribution in [-0.2, 0) is 4.79 Å². The van der Waals surface area contributed by atoms with Gasteiger partial charge in [0.2, 0.25) is 5.91 Å². The maximum absolute atomic E-state index is 12.6. The van der Waals surface area contributed by atoms with Crippen LogP contribution in [-0.4, -0.2) is 29.6 Å². The van der Waals surface area contributed by atoms with Crippen molar-refractivity contribution in [3.8, 4) is 0 Å². The standard InChI is InChI=1S/C16H30N2O/c1-11(2)9-14-17-15(12(3)4)16(19)18(14)10-13-7-5-6-8-13/h11-15,17H,5-10H2,1-4H3. The molecule has 1 N–H and O–H groups in total. The lowest BCUT2D eigenvalue weighted by molar-refractivity contribution is -0.131. The molecular formula is C16H30N2O. The summed E-state index contributed by atoms with van der Waals surface area (Å²) in [5, 5.41) is 3.57. The van der Waals surface area contributed by atoms with Gasteiger partial charge in [-0.25, -0.2) is 0 Å². The summed E-state index contributed by atoms with van der Waals surface area (Å²) >= 11 is 0. The summed E-state index contributed by atoms with van der Waals surface area (Å²) in [6.07, 6.45) is 6.66. The molecule has 1 saturated carbocycles. The smallest absolute Gasteiger partial charge is 0.241 e. The van der Waals surface area contributed by atoms with E-state index < -0.39 is 0 Å². The summed E-state index contributed by atoms with van der Waals surface area (Å²) in [5.41, 5.74) is 0. The lowest BCUT2D eigenvalue weighted by Gasteiger charge is -2.28. The monoisotopic (exact) mass is 266 g/mol. The maximum atomic E-state index is 12.6. The predicted molar refractivity (Wildman–Crippen MR) is 78.7 cm³/mol. The van der Waals surface area contributed by atoms with Crippen molar-refractivity contribution in [1.82, 2.24) is 10.2 Å². The van der Waals surface area contributed by atoms with Crippen molar-refractivity contribution < 1.29 is 4.79 Å². The summed E-state index contributed by atoms with van der Waals surface area (Å²) in [7, 11) is 0. The Morgan fingerprint density at radius 2 is 1.84 bits per heavy atom. The molecule has 1 heterocycles. The lowest BCUT2D eigenvalue weighted by Crippen LogP contribution is -2.40. The van der Waals surface area contributed by atoms with E-state index in [4.69, 9.17) is 0 Å². The molecule has 110 valence electrons. The van der Waals surface area contributed by atoms with Crippen LogP contribution in [0, 0.1) is 17.8 Å². The first-order valence-electron chi connectivity index (χ1n) is 8.05. The quantitative estimate of drug-likeness (QED) is 0.829. The zero-order valence-corrected chi connectivity index (χ0v) is 13.0. The van der Waals surface area contributed by atoms with Crippen molar-refractivity contribution in [2.24, 2.45) is 17.8 Å². The summed E-state index contributed by atoms with van der Waals surface area (Å²) in [4.78, 5) is 14.7. The van der Waals surface area contributed by atoms with Gasteiger partial charge in [-0.15, -0.1) is 0 Å². The van der Waals surface area contributed by atoms with E-state index in [0.29, 0.717) is 17.7 Å². The molecule has 2 unspecified atom stereocenters. The van der Waals surface area contributed by atoms with E-state index >= 15 is 0 Å². The Bertz CT molecular complexity index is 308. The third-order valence-corrected chi connectivity index (χ3v) is 4.59. The highest BCUT2D eigenvalue weighted by Crippen LogP contribution is 2.29. The normalized spacial score (nSPS) is 29.2. The molecule has 19 heavy (non-hydrogen) atoms. The van der Waals surface area contributed by atoms with Gasteiger partial charge < -0.3 is 4.90 Å². The van der Waals surface area contributed by atoms with Crippen LogP contribution in [0.25, 0.3) is 0 Å². The highest BCUT2D eigenvalue weighted by atomic mass is 16.2. The molecule has 3 heteroatoms. The average Bonchev–Trinajstić information content (AvgIpc) is 2.91. The number of hydrogen-bond donors (Lipinski definition) is 1. The zero-order valence-electron chi connectivity index (χ0n) is 13.0. The Labute approximate surface area is 118 Å². The average molecular weight is 266 g/mol. The molecule has 1 aliphatic carbocycles. The van der Waals surface area contributed by atoms with Crippen LogP contribution in [0.2, 0.25) is 0 Å². The topological polar surface area (TPSA) is 32.3 Å². The fourth-order valence-electron chi connectivity index (χ4n) is 3.51. The van der Waals surface area contributed by atoms with Crippen molar-refractivity contribution in [1.29, 1.82) is 0 Å². The molecular weight excluding hydrogens is 236 g/mol. The third kappa shape index (κ3) is 3.50. The summed E-state index contributed by atoms with van der Waals surface area (Å²) in [5.74, 6) is 2.09. The predicted octanol–water partition coefficient (Wildman–Crippen LogP) is 3.01. The number of hydrogen-bond acceptors (Lipinski definition) is 2. The zero-order chi connectivity index (χ0) is 14.0. The van der Waals surface area contributed by atoms with Crippen molar-refractivity contribution in [3.63, 3.8) is 0 Å². The Kier molecular flexibility index (Phi) is 4.88. The van der Waals surface area contributed by atoms with Gasteiger partial charge in [0.15, 0.2) is 0 Å². The van der Waals surface area contributed by atoms with E-state index in [9.17, 15) is 4.79 Å². The van der Waals surface area contributed by atoms with E-state index in [1.807, 2.05) is 0 Å². The molecule has 1 amide bonds.